The van der Waals surface area contributed by atoms with Crippen LogP contribution in [-0.4, -0.2) is 36.5 Å². The van der Waals surface area contributed by atoms with E-state index < -0.39 is 25.5 Å². The van der Waals surface area contributed by atoms with Gasteiger partial charge in [-0.15, -0.1) is 0 Å². The lowest BCUT2D eigenvalue weighted by molar-refractivity contribution is 0.474. The van der Waals surface area contributed by atoms with E-state index >= 15 is 0 Å². The van der Waals surface area contributed by atoms with E-state index in [0.717, 1.165) is 19.6 Å². The topological polar surface area (TPSA) is 77.5 Å². The summed E-state index contributed by atoms with van der Waals surface area (Å²) in [5.41, 5.74) is 0. The molecule has 0 saturated carbocycles. The Bertz CT molecular complexity index is 282. The van der Waals surface area contributed by atoms with Gasteiger partial charge in [-0.3, -0.25) is 0 Å². The van der Waals surface area contributed by atoms with E-state index in [1.54, 1.807) is 0 Å². The Morgan fingerprint density at radius 2 is 1.27 bits per heavy atom. The fourth-order valence-electron chi connectivity index (χ4n) is 0.517. The summed E-state index contributed by atoms with van der Waals surface area (Å²) in [7, 11) is -6.17. The molecule has 0 aliphatic rings. The molecule has 0 aromatic rings. The van der Waals surface area contributed by atoms with Crippen molar-refractivity contribution in [2.45, 2.75) is 0 Å². The van der Waals surface area contributed by atoms with Gasteiger partial charge in [0.1, 0.15) is 0 Å². The van der Waals surface area contributed by atoms with Crippen molar-refractivity contribution < 1.29 is 21.4 Å². The molecular formula is C3H9O5PS2. The van der Waals surface area contributed by atoms with Crippen LogP contribution in [0.2, 0.25) is 0 Å². The lowest BCUT2D eigenvalue weighted by Crippen LogP contribution is -2.04. The van der Waals surface area contributed by atoms with Gasteiger partial charge >= 0.3 is 0 Å². The molecular weight excluding hydrogens is 211 g/mol. The molecule has 0 saturated heterocycles. The molecule has 0 aliphatic carbocycles. The maximum atomic E-state index is 10.7. The molecule has 0 aliphatic heterocycles. The van der Waals surface area contributed by atoms with Crippen LogP contribution in [0.1, 0.15) is 0 Å². The van der Waals surface area contributed by atoms with Crippen molar-refractivity contribution in [1.82, 2.24) is 0 Å². The zero-order valence-electron chi connectivity index (χ0n) is 6.30. The average Bonchev–Trinajstić information content (AvgIpc) is 1.56. The van der Waals surface area contributed by atoms with Gasteiger partial charge in [-0.05, 0) is 0 Å². The molecule has 0 aromatic carbocycles. The van der Waals surface area contributed by atoms with E-state index in [1.807, 2.05) is 0 Å². The maximum absolute atomic E-state index is 10.7. The van der Waals surface area contributed by atoms with Crippen LogP contribution in [0.5, 0.6) is 0 Å². The molecule has 0 fully saturated rings. The molecule has 0 amide bonds. The Kier molecular flexibility index (Phi) is 3.43. The third-order valence-electron chi connectivity index (χ3n) is 0.691. The van der Waals surface area contributed by atoms with E-state index in [4.69, 9.17) is 0 Å². The van der Waals surface area contributed by atoms with Crippen molar-refractivity contribution in [3.05, 3.63) is 0 Å². The van der Waals surface area contributed by atoms with Crippen LogP contribution in [0.25, 0.3) is 0 Å². The Hall–Kier alpha value is 0.290. The first kappa shape index (κ1) is 11.3. The third kappa shape index (κ3) is 3.46. The van der Waals surface area contributed by atoms with Crippen LogP contribution in [0.15, 0.2) is 0 Å². The normalized spacial score (nSPS) is 13.8. The smallest absolute Gasteiger partial charge is 0.277 e. The molecule has 0 N–H and O–H groups in total. The molecule has 0 unspecified atom stereocenters. The molecule has 0 rings (SSSR count). The second-order valence-electron chi connectivity index (χ2n) is 1.87. The highest BCUT2D eigenvalue weighted by molar-refractivity contribution is 8.80. The van der Waals surface area contributed by atoms with Gasteiger partial charge in [0.2, 0.25) is 18.9 Å². The van der Waals surface area contributed by atoms with Crippen LogP contribution in [-0.2, 0) is 23.4 Å². The van der Waals surface area contributed by atoms with Crippen LogP contribution in [0.3, 0.4) is 0 Å². The molecule has 0 spiro atoms. The van der Waals surface area contributed by atoms with Gasteiger partial charge in [-0.1, -0.05) is 0 Å². The summed E-state index contributed by atoms with van der Waals surface area (Å²) in [6.45, 7) is -2.40. The molecule has 0 bridgehead atoms. The Morgan fingerprint density at radius 3 is 1.27 bits per heavy atom. The molecule has 68 valence electrons. The van der Waals surface area contributed by atoms with E-state index in [2.05, 4.69) is 4.52 Å². The summed E-state index contributed by atoms with van der Waals surface area (Å²) in [5, 5.41) is 0. The lowest BCUT2D eigenvalue weighted by Gasteiger charge is -2.08. The molecule has 11 heavy (non-hydrogen) atoms. The van der Waals surface area contributed by atoms with Gasteiger partial charge in [0.25, 0.3) is 6.55 Å². The Morgan fingerprint density at radius 1 is 1.00 bits per heavy atom. The van der Waals surface area contributed by atoms with Crippen LogP contribution in [0.4, 0.5) is 0 Å². The first-order chi connectivity index (χ1) is 4.69. The predicted octanol–water partition coefficient (Wildman–Crippen LogP) is -0.0511. The zero-order valence-corrected chi connectivity index (χ0v) is 8.83. The third-order valence-corrected chi connectivity index (χ3v) is 11.1. The highest BCUT2D eigenvalue weighted by Crippen LogP contribution is 2.47. The van der Waals surface area contributed by atoms with Gasteiger partial charge in [-0.2, -0.15) is 0 Å². The van der Waals surface area contributed by atoms with Crippen molar-refractivity contribution in [2.24, 2.45) is 0 Å². The van der Waals surface area contributed by atoms with Gasteiger partial charge in [0.15, 0.2) is 0 Å². The molecule has 5 nitrogen and oxygen atoms in total. The summed E-state index contributed by atoms with van der Waals surface area (Å²) in [6, 6.07) is 0. The number of rotatable bonds is 3. The quantitative estimate of drug-likeness (QED) is 0.623. The largest absolute Gasteiger partial charge is 0.336 e. The van der Waals surface area contributed by atoms with E-state index in [1.165, 1.54) is 0 Å². The number of hydrogen-bond donors (Lipinski definition) is 0. The van der Waals surface area contributed by atoms with Crippen molar-refractivity contribution >= 4 is 25.5 Å². The second kappa shape index (κ2) is 3.35. The summed E-state index contributed by atoms with van der Waals surface area (Å²) in [6.07, 6.45) is 1.67. The second-order valence-corrected chi connectivity index (χ2v) is 12.3. The summed E-state index contributed by atoms with van der Waals surface area (Å²) >= 11 is 0. The average molecular weight is 220 g/mol. The fraction of sp³-hybridized carbons (Fsp3) is 1.00. The molecule has 0 radical (unpaired) electrons. The molecule has 0 aromatic heterocycles. The monoisotopic (exact) mass is 220 g/mol. The summed E-state index contributed by atoms with van der Waals surface area (Å²) in [5.74, 6) is 0. The van der Waals surface area contributed by atoms with Gasteiger partial charge < -0.3 is 4.52 Å². The standard InChI is InChI=1S/C3H9O5PS2/c1-8-9(10(2,4)5)11(3,6)7/h1-3H3. The van der Waals surface area contributed by atoms with Gasteiger partial charge in [0.05, 0.1) is 0 Å². The molecule has 8 heteroatoms. The number of hydrogen-bond acceptors (Lipinski definition) is 5. The van der Waals surface area contributed by atoms with Crippen LogP contribution < -0.4 is 0 Å². The first-order valence-corrected chi connectivity index (χ1v) is 8.69. The van der Waals surface area contributed by atoms with Crippen molar-refractivity contribution in [3.8, 4) is 0 Å². The highest BCUT2D eigenvalue weighted by Gasteiger charge is 2.31. The molecule has 0 heterocycles. The van der Waals surface area contributed by atoms with Crippen molar-refractivity contribution in [2.75, 3.05) is 19.6 Å². The lowest BCUT2D eigenvalue weighted by atomic mass is 11.8. The van der Waals surface area contributed by atoms with Gasteiger partial charge in [0, 0.05) is 19.6 Å². The van der Waals surface area contributed by atoms with Gasteiger partial charge in [-0.25, -0.2) is 16.8 Å². The minimum atomic E-state index is -3.62. The first-order valence-electron chi connectivity index (χ1n) is 2.44. The summed E-state index contributed by atoms with van der Waals surface area (Å²) in [4.78, 5) is 0. The summed E-state index contributed by atoms with van der Waals surface area (Å²) < 4.78 is 47.3. The predicted molar refractivity (Wildman–Crippen MR) is 43.6 cm³/mol. The van der Waals surface area contributed by atoms with E-state index in [9.17, 15) is 16.8 Å². The van der Waals surface area contributed by atoms with E-state index in [0.29, 0.717) is 0 Å². The Balaban J connectivity index is 5.05. The Labute approximate surface area is 66.9 Å². The van der Waals surface area contributed by atoms with Crippen LogP contribution in [0, 0.1) is 0 Å². The van der Waals surface area contributed by atoms with Crippen molar-refractivity contribution in [1.29, 1.82) is 0 Å². The SMILES string of the molecule is COP(S(C)(=O)=O)S(C)(=O)=O. The van der Waals surface area contributed by atoms with Crippen molar-refractivity contribution in [3.63, 3.8) is 0 Å². The fourth-order valence-corrected chi connectivity index (χ4v) is 9.08. The maximum Gasteiger partial charge on any atom is 0.277 e. The minimum Gasteiger partial charge on any atom is -0.336 e. The van der Waals surface area contributed by atoms with E-state index in [-0.39, 0.29) is 0 Å². The highest BCUT2D eigenvalue weighted by atomic mass is 33.1. The molecule has 0 atom stereocenters. The zero-order chi connectivity index (χ0) is 9.28. The van der Waals surface area contributed by atoms with Crippen LogP contribution >= 0.6 is 6.55 Å². The minimum absolute atomic E-state index is 0.837.